The van der Waals surface area contributed by atoms with Gasteiger partial charge >= 0.3 is 0 Å². The molecule has 0 atom stereocenters. The Morgan fingerprint density at radius 2 is 2.00 bits per heavy atom. The highest BCUT2D eigenvalue weighted by molar-refractivity contribution is 7.87. The first kappa shape index (κ1) is 14.6. The van der Waals surface area contributed by atoms with Crippen molar-refractivity contribution < 1.29 is 8.42 Å². The average Bonchev–Trinajstić information content (AvgIpc) is 2.43. The number of nitrogens with zero attached hydrogens (tertiary/aromatic N) is 1. The third-order valence-corrected chi connectivity index (χ3v) is 3.74. The largest absolute Gasteiger partial charge is 0.309 e. The van der Waals surface area contributed by atoms with Crippen LogP contribution in [0.25, 0.3) is 10.9 Å². The van der Waals surface area contributed by atoms with Gasteiger partial charge in [-0.2, -0.15) is 13.1 Å². The van der Waals surface area contributed by atoms with Gasteiger partial charge < -0.3 is 4.98 Å². The molecule has 0 amide bonds. The number of benzene rings is 1. The van der Waals surface area contributed by atoms with Gasteiger partial charge in [-0.25, -0.2) is 9.71 Å². The highest BCUT2D eigenvalue weighted by atomic mass is 32.2. The molecule has 0 aliphatic carbocycles. The number of hydrogen-bond donors (Lipinski definition) is 3. The molecule has 0 bridgehead atoms. The predicted octanol–water partition coefficient (Wildman–Crippen LogP) is 0.257. The molecule has 0 fully saturated rings. The Hall–Kier alpha value is -1.77. The van der Waals surface area contributed by atoms with Gasteiger partial charge in [-0.05, 0) is 18.6 Å². The molecule has 1 aromatic heterocycles. The molecule has 0 unspecified atom stereocenters. The average molecular weight is 296 g/mol. The van der Waals surface area contributed by atoms with Crippen molar-refractivity contribution in [3.05, 3.63) is 40.4 Å². The number of nitrogens with one attached hydrogen (secondary N) is 3. The molecule has 2 aromatic rings. The number of aromatic nitrogens is 2. The maximum absolute atomic E-state index is 11.8. The zero-order valence-electron chi connectivity index (χ0n) is 11.0. The van der Waals surface area contributed by atoms with E-state index in [1.54, 1.807) is 24.3 Å². The molecular weight excluding hydrogens is 280 g/mol. The lowest BCUT2D eigenvalue weighted by molar-refractivity contribution is 0.563. The number of para-hydroxylation sites is 1. The monoisotopic (exact) mass is 296 g/mol. The van der Waals surface area contributed by atoms with Crippen molar-refractivity contribution in [1.29, 1.82) is 0 Å². The van der Waals surface area contributed by atoms with Gasteiger partial charge in [0.25, 0.3) is 15.8 Å². The maximum Gasteiger partial charge on any atom is 0.277 e. The van der Waals surface area contributed by atoms with Gasteiger partial charge in [-0.3, -0.25) is 4.79 Å². The topological polar surface area (TPSA) is 104 Å². The third-order valence-electron chi connectivity index (χ3n) is 2.63. The molecule has 3 N–H and O–H groups in total. The SMILES string of the molecule is CCCNS(=O)(=O)NCc1nc2ccccc2c(=O)[nH]1. The fourth-order valence-corrected chi connectivity index (χ4v) is 2.57. The van der Waals surface area contributed by atoms with E-state index in [-0.39, 0.29) is 17.9 Å². The summed E-state index contributed by atoms with van der Waals surface area (Å²) in [7, 11) is -3.57. The first-order valence-electron chi connectivity index (χ1n) is 6.24. The van der Waals surface area contributed by atoms with E-state index in [4.69, 9.17) is 0 Å². The molecule has 2 rings (SSSR count). The molecule has 8 heteroatoms. The summed E-state index contributed by atoms with van der Waals surface area (Å²) in [5.41, 5.74) is 0.248. The molecule has 7 nitrogen and oxygen atoms in total. The van der Waals surface area contributed by atoms with Crippen LogP contribution in [0.15, 0.2) is 29.1 Å². The van der Waals surface area contributed by atoms with Crippen molar-refractivity contribution in [2.75, 3.05) is 6.54 Å². The molecule has 108 valence electrons. The second-order valence-electron chi connectivity index (χ2n) is 4.25. The van der Waals surface area contributed by atoms with E-state index in [1.165, 1.54) is 0 Å². The normalized spacial score (nSPS) is 11.8. The molecule has 0 spiro atoms. The van der Waals surface area contributed by atoms with Crippen LogP contribution in [0, 0.1) is 0 Å². The summed E-state index contributed by atoms with van der Waals surface area (Å²) in [6.45, 7) is 2.15. The van der Waals surface area contributed by atoms with Gasteiger partial charge in [0.2, 0.25) is 0 Å². The minimum Gasteiger partial charge on any atom is -0.309 e. The zero-order chi connectivity index (χ0) is 14.6. The molecule has 20 heavy (non-hydrogen) atoms. The van der Waals surface area contributed by atoms with Crippen molar-refractivity contribution >= 4 is 21.1 Å². The lowest BCUT2D eigenvalue weighted by atomic mass is 10.2. The van der Waals surface area contributed by atoms with E-state index in [0.717, 1.165) is 0 Å². The molecule has 0 aliphatic heterocycles. The van der Waals surface area contributed by atoms with E-state index < -0.39 is 10.2 Å². The lowest BCUT2D eigenvalue weighted by Gasteiger charge is -2.07. The summed E-state index contributed by atoms with van der Waals surface area (Å²) < 4.78 is 27.8. The van der Waals surface area contributed by atoms with Crippen LogP contribution in [-0.4, -0.2) is 24.9 Å². The van der Waals surface area contributed by atoms with Crippen molar-refractivity contribution in [2.24, 2.45) is 0 Å². The van der Waals surface area contributed by atoms with Gasteiger partial charge in [-0.15, -0.1) is 0 Å². The molecule has 1 heterocycles. The second kappa shape index (κ2) is 6.12. The minimum atomic E-state index is -3.57. The van der Waals surface area contributed by atoms with Gasteiger partial charge in [0, 0.05) is 6.54 Å². The van der Waals surface area contributed by atoms with Crippen molar-refractivity contribution in [2.45, 2.75) is 19.9 Å². The summed E-state index contributed by atoms with van der Waals surface area (Å²) in [6.07, 6.45) is 0.700. The Bertz CT molecular complexity index is 755. The van der Waals surface area contributed by atoms with Gasteiger partial charge in [0.15, 0.2) is 0 Å². The molecule has 0 radical (unpaired) electrons. The fraction of sp³-hybridized carbons (Fsp3) is 0.333. The van der Waals surface area contributed by atoms with Crippen LogP contribution in [-0.2, 0) is 16.8 Å². The van der Waals surface area contributed by atoms with Crippen molar-refractivity contribution in [1.82, 2.24) is 19.4 Å². The molecule has 1 aromatic carbocycles. The van der Waals surface area contributed by atoms with Crippen LogP contribution in [0.4, 0.5) is 0 Å². The Balaban J connectivity index is 2.17. The highest BCUT2D eigenvalue weighted by Crippen LogP contribution is 2.05. The Morgan fingerprint density at radius 3 is 2.75 bits per heavy atom. The lowest BCUT2D eigenvalue weighted by Crippen LogP contribution is -2.37. The molecule has 0 aliphatic rings. The van der Waals surface area contributed by atoms with Crippen molar-refractivity contribution in [3.63, 3.8) is 0 Å². The van der Waals surface area contributed by atoms with Gasteiger partial charge in [-0.1, -0.05) is 19.1 Å². The van der Waals surface area contributed by atoms with Crippen molar-refractivity contribution in [3.8, 4) is 0 Å². The molecular formula is C12H16N4O3S. The Kier molecular flexibility index (Phi) is 4.48. The van der Waals surface area contributed by atoms with Crippen LogP contribution in [0.5, 0.6) is 0 Å². The van der Waals surface area contributed by atoms with E-state index in [2.05, 4.69) is 19.4 Å². The first-order chi connectivity index (χ1) is 9.52. The van der Waals surface area contributed by atoms with Gasteiger partial charge in [0.05, 0.1) is 17.4 Å². The quantitative estimate of drug-likeness (QED) is 0.711. The number of H-pyrrole nitrogens is 1. The van der Waals surface area contributed by atoms with Crippen LogP contribution in [0.1, 0.15) is 19.2 Å². The predicted molar refractivity (Wildman–Crippen MR) is 76.4 cm³/mol. The summed E-state index contributed by atoms with van der Waals surface area (Å²) in [5.74, 6) is 0.274. The smallest absolute Gasteiger partial charge is 0.277 e. The Labute approximate surface area is 116 Å². The summed E-state index contributed by atoms with van der Waals surface area (Å²) >= 11 is 0. The second-order valence-corrected chi connectivity index (χ2v) is 5.83. The number of aromatic amines is 1. The van der Waals surface area contributed by atoms with Crippen LogP contribution in [0.2, 0.25) is 0 Å². The first-order valence-corrected chi connectivity index (χ1v) is 7.72. The minimum absolute atomic E-state index is 0.0703. The fourth-order valence-electron chi connectivity index (χ4n) is 1.67. The number of hydrogen-bond acceptors (Lipinski definition) is 4. The van der Waals surface area contributed by atoms with E-state index in [1.807, 2.05) is 6.92 Å². The third kappa shape index (κ3) is 3.62. The van der Waals surface area contributed by atoms with Crippen LogP contribution < -0.4 is 15.0 Å². The molecule has 0 saturated heterocycles. The van der Waals surface area contributed by atoms with E-state index in [9.17, 15) is 13.2 Å². The number of fused-ring (bicyclic) bond motifs is 1. The standard InChI is InChI=1S/C12H16N4O3S/c1-2-7-13-20(18,19)14-8-11-15-10-6-4-3-5-9(10)12(17)16-11/h3-6,13-14H,2,7-8H2,1H3,(H,15,16,17). The zero-order valence-corrected chi connectivity index (χ0v) is 11.8. The van der Waals surface area contributed by atoms with Gasteiger partial charge in [0.1, 0.15) is 5.82 Å². The molecule has 0 saturated carbocycles. The summed E-state index contributed by atoms with van der Waals surface area (Å²) in [5, 5.41) is 0.475. The Morgan fingerprint density at radius 1 is 1.25 bits per heavy atom. The summed E-state index contributed by atoms with van der Waals surface area (Å²) in [6, 6.07) is 6.89. The summed E-state index contributed by atoms with van der Waals surface area (Å²) in [4.78, 5) is 18.6. The van der Waals surface area contributed by atoms with Crippen LogP contribution >= 0.6 is 0 Å². The maximum atomic E-state index is 11.8. The highest BCUT2D eigenvalue weighted by Gasteiger charge is 2.09. The van der Waals surface area contributed by atoms with E-state index >= 15 is 0 Å². The van der Waals surface area contributed by atoms with E-state index in [0.29, 0.717) is 23.9 Å². The number of rotatable bonds is 6. The van der Waals surface area contributed by atoms with Crippen LogP contribution in [0.3, 0.4) is 0 Å².